The quantitative estimate of drug-likeness (QED) is 0.636. The zero-order valence-corrected chi connectivity index (χ0v) is 18.1. The van der Waals surface area contributed by atoms with Crippen LogP contribution >= 0.6 is 0 Å². The van der Waals surface area contributed by atoms with Gasteiger partial charge in [-0.25, -0.2) is 0 Å². The molecule has 0 fully saturated rings. The van der Waals surface area contributed by atoms with Crippen LogP contribution in [0.3, 0.4) is 0 Å². The number of Topliss-reactive ketones (excluding diaryl/α,β-unsaturated/α-hetero) is 1. The first-order valence-electron chi connectivity index (χ1n) is 10.1. The van der Waals surface area contributed by atoms with Gasteiger partial charge in [0.25, 0.3) is 0 Å². The first-order valence-corrected chi connectivity index (χ1v) is 10.1. The fourth-order valence-electron chi connectivity index (χ4n) is 3.91. The molecule has 0 N–H and O–H groups in total. The molecule has 156 valence electrons. The maximum Gasteiger partial charge on any atom is 0.231 e. The summed E-state index contributed by atoms with van der Waals surface area (Å²) in [5.41, 5.74) is 4.45. The maximum atomic E-state index is 12.9. The Hall–Kier alpha value is -2.53. The van der Waals surface area contributed by atoms with E-state index < -0.39 is 0 Å². The Balaban J connectivity index is 1.87. The number of fused-ring (bicyclic) bond motifs is 1. The van der Waals surface area contributed by atoms with E-state index in [2.05, 4.69) is 25.9 Å². The van der Waals surface area contributed by atoms with E-state index in [1.165, 1.54) is 0 Å². The highest BCUT2D eigenvalue weighted by Crippen LogP contribution is 2.48. The predicted octanol–water partition coefficient (Wildman–Crippen LogP) is 4.14. The first-order chi connectivity index (χ1) is 13.9. The minimum Gasteiger partial charge on any atom is -0.492 e. The SMILES string of the molecule is COc1c2c(cc(CCN(C)C)c1C(C)CC(=O)Cc1ccccc1C)OCO2. The molecule has 0 bridgehead atoms. The zero-order chi connectivity index (χ0) is 21.0. The van der Waals surface area contributed by atoms with Crippen molar-refractivity contribution in [3.8, 4) is 17.2 Å². The second kappa shape index (κ2) is 9.31. The molecule has 29 heavy (non-hydrogen) atoms. The van der Waals surface area contributed by atoms with E-state index in [9.17, 15) is 4.79 Å². The molecule has 1 aliphatic rings. The van der Waals surface area contributed by atoms with Crippen LogP contribution in [0.2, 0.25) is 0 Å². The lowest BCUT2D eigenvalue weighted by atomic mass is 9.87. The van der Waals surface area contributed by atoms with Gasteiger partial charge in [0.05, 0.1) is 7.11 Å². The third-order valence-corrected chi connectivity index (χ3v) is 5.45. The number of ketones is 1. The minimum absolute atomic E-state index is 0.0214. The van der Waals surface area contributed by atoms with E-state index in [0.717, 1.165) is 41.0 Å². The summed E-state index contributed by atoms with van der Waals surface area (Å²) in [5, 5.41) is 0. The zero-order valence-electron chi connectivity index (χ0n) is 18.1. The van der Waals surface area contributed by atoms with Gasteiger partial charge < -0.3 is 19.1 Å². The molecule has 5 heteroatoms. The van der Waals surface area contributed by atoms with Crippen LogP contribution in [-0.2, 0) is 17.6 Å². The molecular formula is C24H31NO4. The van der Waals surface area contributed by atoms with Gasteiger partial charge in [0.15, 0.2) is 11.5 Å². The number of benzene rings is 2. The van der Waals surface area contributed by atoms with Crippen LogP contribution in [0.4, 0.5) is 0 Å². The molecule has 1 heterocycles. The van der Waals surface area contributed by atoms with Gasteiger partial charge in [-0.05, 0) is 56.1 Å². The molecule has 5 nitrogen and oxygen atoms in total. The van der Waals surface area contributed by atoms with Gasteiger partial charge in [-0.3, -0.25) is 4.79 Å². The molecule has 0 saturated heterocycles. The number of carbonyl (C=O) groups is 1. The van der Waals surface area contributed by atoms with E-state index >= 15 is 0 Å². The summed E-state index contributed by atoms with van der Waals surface area (Å²) in [7, 11) is 5.76. The molecule has 1 atom stereocenters. The average molecular weight is 398 g/mol. The summed E-state index contributed by atoms with van der Waals surface area (Å²) >= 11 is 0. The summed E-state index contributed by atoms with van der Waals surface area (Å²) in [6.07, 6.45) is 1.77. The lowest BCUT2D eigenvalue weighted by Crippen LogP contribution is -2.17. The lowest BCUT2D eigenvalue weighted by Gasteiger charge is -2.22. The molecule has 3 rings (SSSR count). The van der Waals surface area contributed by atoms with Crippen molar-refractivity contribution in [2.75, 3.05) is 34.5 Å². The molecule has 0 aliphatic carbocycles. The number of nitrogens with zero attached hydrogens (tertiary/aromatic N) is 1. The number of ether oxygens (including phenoxy) is 3. The van der Waals surface area contributed by atoms with Crippen LogP contribution in [-0.4, -0.2) is 45.2 Å². The van der Waals surface area contributed by atoms with Gasteiger partial charge in [-0.2, -0.15) is 0 Å². The van der Waals surface area contributed by atoms with Crippen LogP contribution < -0.4 is 14.2 Å². The summed E-state index contributed by atoms with van der Waals surface area (Å²) in [4.78, 5) is 15.0. The monoisotopic (exact) mass is 397 g/mol. The van der Waals surface area contributed by atoms with Gasteiger partial charge in [0, 0.05) is 24.9 Å². The van der Waals surface area contributed by atoms with Gasteiger partial charge in [-0.1, -0.05) is 31.2 Å². The number of rotatable bonds is 9. The van der Waals surface area contributed by atoms with Crippen molar-refractivity contribution in [2.24, 2.45) is 0 Å². The second-order valence-corrected chi connectivity index (χ2v) is 8.02. The van der Waals surface area contributed by atoms with Gasteiger partial charge in [0.2, 0.25) is 12.5 Å². The summed E-state index contributed by atoms with van der Waals surface area (Å²) in [6, 6.07) is 10.1. The van der Waals surface area contributed by atoms with Crippen LogP contribution in [0, 0.1) is 6.92 Å². The van der Waals surface area contributed by atoms with Gasteiger partial charge in [0.1, 0.15) is 5.78 Å². The maximum absolute atomic E-state index is 12.9. The van der Waals surface area contributed by atoms with Crippen molar-refractivity contribution >= 4 is 5.78 Å². The first kappa shape index (κ1) is 21.2. The van der Waals surface area contributed by atoms with Crippen LogP contribution in [0.25, 0.3) is 0 Å². The Bertz CT molecular complexity index is 875. The molecule has 1 unspecified atom stereocenters. The molecule has 1 aliphatic heterocycles. The second-order valence-electron chi connectivity index (χ2n) is 8.02. The summed E-state index contributed by atoms with van der Waals surface area (Å²) in [5.74, 6) is 2.32. The highest BCUT2D eigenvalue weighted by atomic mass is 16.7. The Morgan fingerprint density at radius 3 is 2.66 bits per heavy atom. The third-order valence-electron chi connectivity index (χ3n) is 5.45. The Labute approximate surface area is 173 Å². The number of carbonyl (C=O) groups excluding carboxylic acids is 1. The van der Waals surface area contributed by atoms with Crippen LogP contribution in [0.5, 0.6) is 17.2 Å². The fourth-order valence-corrected chi connectivity index (χ4v) is 3.91. The average Bonchev–Trinajstić information content (AvgIpc) is 3.15. The van der Waals surface area contributed by atoms with E-state index in [-0.39, 0.29) is 18.5 Å². The molecule has 0 saturated carbocycles. The number of likely N-dealkylation sites (N-methyl/N-ethyl adjacent to an activating group) is 1. The van der Waals surface area contributed by atoms with Crippen molar-refractivity contribution in [1.82, 2.24) is 4.90 Å². The molecule has 0 aromatic heterocycles. The van der Waals surface area contributed by atoms with Crippen LogP contribution in [0.1, 0.15) is 41.5 Å². The molecule has 2 aromatic rings. The van der Waals surface area contributed by atoms with E-state index in [4.69, 9.17) is 14.2 Å². The van der Waals surface area contributed by atoms with Gasteiger partial charge in [-0.15, -0.1) is 0 Å². The van der Waals surface area contributed by atoms with E-state index in [1.807, 2.05) is 37.3 Å². The van der Waals surface area contributed by atoms with Crippen molar-refractivity contribution in [3.63, 3.8) is 0 Å². The van der Waals surface area contributed by atoms with E-state index in [0.29, 0.717) is 24.3 Å². The lowest BCUT2D eigenvalue weighted by molar-refractivity contribution is -0.118. The molecular weight excluding hydrogens is 366 g/mol. The minimum atomic E-state index is 0.0214. The number of methoxy groups -OCH3 is 1. The van der Waals surface area contributed by atoms with Crippen LogP contribution in [0.15, 0.2) is 30.3 Å². The standard InChI is InChI=1S/C24H31NO4/c1-16-8-6-7-9-18(16)13-20(26)12-17(2)22-19(10-11-25(3)4)14-21-23(24(22)27-5)29-15-28-21/h6-9,14,17H,10-13,15H2,1-5H3. The molecule has 2 aromatic carbocycles. The Kier molecular flexibility index (Phi) is 6.80. The van der Waals surface area contributed by atoms with Crippen molar-refractivity contribution < 1.29 is 19.0 Å². The smallest absolute Gasteiger partial charge is 0.231 e. The normalized spacial score (nSPS) is 13.6. The molecule has 0 radical (unpaired) electrons. The van der Waals surface area contributed by atoms with Crippen molar-refractivity contribution in [3.05, 3.63) is 52.6 Å². The number of aryl methyl sites for hydroxylation is 1. The highest BCUT2D eigenvalue weighted by molar-refractivity contribution is 5.82. The Morgan fingerprint density at radius 2 is 1.97 bits per heavy atom. The predicted molar refractivity (Wildman–Crippen MR) is 114 cm³/mol. The number of hydrogen-bond donors (Lipinski definition) is 0. The largest absolute Gasteiger partial charge is 0.492 e. The highest BCUT2D eigenvalue weighted by Gasteiger charge is 2.28. The van der Waals surface area contributed by atoms with Crippen molar-refractivity contribution in [1.29, 1.82) is 0 Å². The molecule has 0 spiro atoms. The Morgan fingerprint density at radius 1 is 1.21 bits per heavy atom. The number of hydrogen-bond acceptors (Lipinski definition) is 5. The van der Waals surface area contributed by atoms with Crippen molar-refractivity contribution in [2.45, 2.75) is 39.0 Å². The van der Waals surface area contributed by atoms with E-state index in [1.54, 1.807) is 7.11 Å². The summed E-state index contributed by atoms with van der Waals surface area (Å²) in [6.45, 7) is 5.24. The topological polar surface area (TPSA) is 48.0 Å². The molecule has 0 amide bonds. The third kappa shape index (κ3) is 4.91. The fraction of sp³-hybridized carbons (Fsp3) is 0.458. The van der Waals surface area contributed by atoms with Gasteiger partial charge >= 0.3 is 0 Å². The summed E-state index contributed by atoms with van der Waals surface area (Å²) < 4.78 is 17.0.